The van der Waals surface area contributed by atoms with E-state index in [2.05, 4.69) is 68.8 Å². The summed E-state index contributed by atoms with van der Waals surface area (Å²) in [4.78, 5) is 0. The van der Waals surface area contributed by atoms with Crippen molar-refractivity contribution in [2.75, 3.05) is 0 Å². The molecule has 3 aromatic rings. The monoisotopic (exact) mass is 304 g/mol. The first kappa shape index (κ1) is 14.7. The standard InChI is InChI=1S/C22H26N/c1-5-22(6-2)9-10-23-14-16(4)12-18-8-7-17-11-15(3)13-19(22)20(17)21(18)23/h7-8,11-14H,5-6,9-10H2,1-4H3/q+1. The van der Waals surface area contributed by atoms with Gasteiger partial charge in [-0.15, -0.1) is 0 Å². The average Bonchev–Trinajstić information content (AvgIpc) is 2.68. The first-order valence-corrected chi connectivity index (χ1v) is 8.95. The van der Waals surface area contributed by atoms with Gasteiger partial charge < -0.3 is 0 Å². The second kappa shape index (κ2) is 5.06. The second-order valence-corrected chi connectivity index (χ2v) is 7.36. The highest BCUT2D eigenvalue weighted by Gasteiger charge is 2.36. The van der Waals surface area contributed by atoms with Crippen molar-refractivity contribution in [3.8, 4) is 0 Å². The highest BCUT2D eigenvalue weighted by Crippen LogP contribution is 2.43. The van der Waals surface area contributed by atoms with Crippen LogP contribution in [0.4, 0.5) is 0 Å². The van der Waals surface area contributed by atoms with Crippen LogP contribution in [0.3, 0.4) is 0 Å². The molecule has 0 saturated heterocycles. The van der Waals surface area contributed by atoms with Gasteiger partial charge in [-0.1, -0.05) is 37.6 Å². The quantitative estimate of drug-likeness (QED) is 0.443. The minimum absolute atomic E-state index is 0.304. The van der Waals surface area contributed by atoms with Gasteiger partial charge in [0, 0.05) is 22.8 Å². The summed E-state index contributed by atoms with van der Waals surface area (Å²) in [5.41, 5.74) is 6.06. The summed E-state index contributed by atoms with van der Waals surface area (Å²) in [5.74, 6) is 0. The molecule has 1 heteroatoms. The number of hydrogen-bond acceptors (Lipinski definition) is 0. The number of rotatable bonds is 2. The Balaban J connectivity index is 2.25. The maximum absolute atomic E-state index is 2.51. The summed E-state index contributed by atoms with van der Waals surface area (Å²) >= 11 is 0. The van der Waals surface area contributed by atoms with Crippen LogP contribution in [-0.2, 0) is 12.0 Å². The van der Waals surface area contributed by atoms with Gasteiger partial charge in [-0.25, -0.2) is 0 Å². The van der Waals surface area contributed by atoms with Crippen LogP contribution >= 0.6 is 0 Å². The molecule has 1 aliphatic rings. The van der Waals surface area contributed by atoms with Crippen molar-refractivity contribution >= 4 is 21.7 Å². The molecule has 118 valence electrons. The molecule has 1 aliphatic heterocycles. The van der Waals surface area contributed by atoms with E-state index in [0.29, 0.717) is 5.41 Å². The van der Waals surface area contributed by atoms with Gasteiger partial charge in [-0.3, -0.25) is 0 Å². The van der Waals surface area contributed by atoms with Crippen LogP contribution in [0.5, 0.6) is 0 Å². The highest BCUT2D eigenvalue weighted by molar-refractivity contribution is 6.06. The highest BCUT2D eigenvalue weighted by atomic mass is 15.0. The SMILES string of the molecule is CCC1(CC)CC[n+]2cc(C)cc3ccc4cc(C)cc1c4c32. The first-order valence-electron chi connectivity index (χ1n) is 8.95. The summed E-state index contributed by atoms with van der Waals surface area (Å²) in [7, 11) is 0. The van der Waals surface area contributed by atoms with E-state index in [9.17, 15) is 0 Å². The molecule has 0 fully saturated rings. The minimum atomic E-state index is 0.304. The lowest BCUT2D eigenvalue weighted by molar-refractivity contribution is -0.672. The Labute approximate surface area is 139 Å². The number of benzene rings is 2. The number of hydrogen-bond donors (Lipinski definition) is 0. The van der Waals surface area contributed by atoms with Gasteiger partial charge in [0.2, 0.25) is 5.52 Å². The Morgan fingerprint density at radius 3 is 2.39 bits per heavy atom. The van der Waals surface area contributed by atoms with E-state index in [-0.39, 0.29) is 0 Å². The molecule has 0 aliphatic carbocycles. The molecule has 23 heavy (non-hydrogen) atoms. The average molecular weight is 304 g/mol. The van der Waals surface area contributed by atoms with Gasteiger partial charge in [-0.2, -0.15) is 4.57 Å². The molecule has 0 unspecified atom stereocenters. The number of pyridine rings is 1. The normalized spacial score (nSPS) is 16.2. The Morgan fingerprint density at radius 2 is 1.65 bits per heavy atom. The van der Waals surface area contributed by atoms with E-state index >= 15 is 0 Å². The van der Waals surface area contributed by atoms with Crippen LogP contribution in [0.1, 0.15) is 49.8 Å². The van der Waals surface area contributed by atoms with Gasteiger partial charge in [0.05, 0.1) is 5.39 Å². The number of aryl methyl sites for hydroxylation is 3. The topological polar surface area (TPSA) is 3.88 Å². The molecule has 2 aromatic carbocycles. The third kappa shape index (κ3) is 2.02. The van der Waals surface area contributed by atoms with Crippen LogP contribution in [0.2, 0.25) is 0 Å². The molecule has 0 bridgehead atoms. The zero-order valence-electron chi connectivity index (χ0n) is 14.7. The Bertz CT molecular complexity index is 916. The van der Waals surface area contributed by atoms with Crippen LogP contribution in [-0.4, -0.2) is 0 Å². The van der Waals surface area contributed by atoms with E-state index in [4.69, 9.17) is 0 Å². The second-order valence-electron chi connectivity index (χ2n) is 7.36. The van der Waals surface area contributed by atoms with E-state index in [1.54, 1.807) is 5.56 Å². The molecule has 0 radical (unpaired) electrons. The van der Waals surface area contributed by atoms with Crippen molar-refractivity contribution in [1.82, 2.24) is 0 Å². The van der Waals surface area contributed by atoms with Crippen molar-refractivity contribution in [2.45, 2.75) is 58.9 Å². The molecule has 0 amide bonds. The molecule has 2 heterocycles. The van der Waals surface area contributed by atoms with E-state index < -0.39 is 0 Å². The third-order valence-electron chi connectivity index (χ3n) is 6.05. The van der Waals surface area contributed by atoms with Gasteiger partial charge in [-0.05, 0) is 49.8 Å². The van der Waals surface area contributed by atoms with Crippen molar-refractivity contribution in [1.29, 1.82) is 0 Å². The first-order chi connectivity index (χ1) is 11.1. The minimum Gasteiger partial charge on any atom is -0.197 e. The predicted molar refractivity (Wildman–Crippen MR) is 98.0 cm³/mol. The fourth-order valence-electron chi connectivity index (χ4n) is 4.68. The number of nitrogens with zero attached hydrogens (tertiary/aromatic N) is 1. The van der Waals surface area contributed by atoms with E-state index in [1.165, 1.54) is 52.1 Å². The van der Waals surface area contributed by atoms with E-state index in [1.807, 2.05) is 0 Å². The molecule has 4 rings (SSSR count). The lowest BCUT2D eigenvalue weighted by Gasteiger charge is -2.31. The zero-order valence-corrected chi connectivity index (χ0v) is 14.7. The van der Waals surface area contributed by atoms with E-state index in [0.717, 1.165) is 6.54 Å². The fourth-order valence-corrected chi connectivity index (χ4v) is 4.68. The molecule has 0 saturated carbocycles. The maximum Gasteiger partial charge on any atom is 0.220 e. The fraction of sp³-hybridized carbons (Fsp3) is 0.409. The summed E-state index contributed by atoms with van der Waals surface area (Å²) in [5, 5.41) is 4.28. The third-order valence-corrected chi connectivity index (χ3v) is 6.05. The van der Waals surface area contributed by atoms with Crippen molar-refractivity contribution in [3.63, 3.8) is 0 Å². The molecule has 0 N–H and O–H groups in total. The molecule has 1 aromatic heterocycles. The zero-order chi connectivity index (χ0) is 16.2. The van der Waals surface area contributed by atoms with Gasteiger partial charge in [0.15, 0.2) is 6.20 Å². The Morgan fingerprint density at radius 1 is 0.957 bits per heavy atom. The lowest BCUT2D eigenvalue weighted by Crippen LogP contribution is -2.37. The van der Waals surface area contributed by atoms with Gasteiger partial charge in [0.25, 0.3) is 0 Å². The summed E-state index contributed by atoms with van der Waals surface area (Å²) in [6.45, 7) is 10.3. The largest absolute Gasteiger partial charge is 0.220 e. The molecule has 0 atom stereocenters. The molecular weight excluding hydrogens is 278 g/mol. The van der Waals surface area contributed by atoms with Crippen LogP contribution < -0.4 is 4.57 Å². The van der Waals surface area contributed by atoms with Crippen molar-refractivity contribution < 1.29 is 4.57 Å². The maximum atomic E-state index is 2.51. The van der Waals surface area contributed by atoms with Gasteiger partial charge >= 0.3 is 0 Å². The van der Waals surface area contributed by atoms with Crippen molar-refractivity contribution in [2.24, 2.45) is 0 Å². The van der Waals surface area contributed by atoms with Gasteiger partial charge in [0.1, 0.15) is 6.54 Å². The number of aromatic nitrogens is 1. The Kier molecular flexibility index (Phi) is 3.23. The molecule has 1 nitrogen and oxygen atoms in total. The van der Waals surface area contributed by atoms with Crippen LogP contribution in [0.15, 0.2) is 36.5 Å². The molecule has 0 spiro atoms. The predicted octanol–water partition coefficient (Wildman–Crippen LogP) is 5.36. The van der Waals surface area contributed by atoms with Crippen LogP contribution in [0, 0.1) is 13.8 Å². The summed E-state index contributed by atoms with van der Waals surface area (Å²) in [6.07, 6.45) is 6.00. The molecular formula is C22H26N+. The van der Waals surface area contributed by atoms with Crippen LogP contribution in [0.25, 0.3) is 21.7 Å². The summed E-state index contributed by atoms with van der Waals surface area (Å²) in [6, 6.07) is 11.8. The summed E-state index contributed by atoms with van der Waals surface area (Å²) < 4.78 is 2.51. The Hall–Kier alpha value is -1.89. The lowest BCUT2D eigenvalue weighted by atomic mass is 9.71. The van der Waals surface area contributed by atoms with Crippen molar-refractivity contribution in [3.05, 3.63) is 53.2 Å². The smallest absolute Gasteiger partial charge is 0.197 e.